The standard InChI is InChI=1S/C18H19ClFN3O/c1-10-16-12(17-13(19)7-4-8-14(17)20)9-15(24)21-18(16)23(22-10)11-5-2-3-6-11/h4,7-8,11-12H,2-3,5-6,9H2,1H3,(H,21,24). The van der Waals surface area contributed by atoms with E-state index in [4.69, 9.17) is 11.6 Å². The summed E-state index contributed by atoms with van der Waals surface area (Å²) in [5, 5.41) is 8.00. The lowest BCUT2D eigenvalue weighted by Gasteiger charge is -2.26. The van der Waals surface area contributed by atoms with Gasteiger partial charge in [0.2, 0.25) is 5.91 Å². The Labute approximate surface area is 145 Å². The molecule has 4 nitrogen and oxygen atoms in total. The highest BCUT2D eigenvalue weighted by molar-refractivity contribution is 6.31. The van der Waals surface area contributed by atoms with Crippen molar-refractivity contribution in [3.8, 4) is 0 Å². The van der Waals surface area contributed by atoms with Crippen LogP contribution in [0.25, 0.3) is 0 Å². The predicted octanol–water partition coefficient (Wildman–Crippen LogP) is 4.57. The maximum atomic E-state index is 14.5. The normalized spacial score (nSPS) is 21.0. The average Bonchev–Trinajstić information content (AvgIpc) is 3.15. The van der Waals surface area contributed by atoms with Crippen LogP contribution in [-0.4, -0.2) is 15.7 Å². The number of nitrogens with zero attached hydrogens (tertiary/aromatic N) is 2. The van der Waals surface area contributed by atoms with Crippen molar-refractivity contribution in [3.05, 3.63) is 45.9 Å². The van der Waals surface area contributed by atoms with Crippen molar-refractivity contribution < 1.29 is 9.18 Å². The predicted molar refractivity (Wildman–Crippen MR) is 91.0 cm³/mol. The molecule has 1 unspecified atom stereocenters. The van der Waals surface area contributed by atoms with Crippen LogP contribution in [0.2, 0.25) is 5.02 Å². The summed E-state index contributed by atoms with van der Waals surface area (Å²) in [6.07, 6.45) is 4.66. The third-order valence-corrected chi connectivity index (χ3v) is 5.48. The number of fused-ring (bicyclic) bond motifs is 1. The molecule has 1 saturated carbocycles. The number of hydrogen-bond acceptors (Lipinski definition) is 2. The zero-order valence-corrected chi connectivity index (χ0v) is 14.2. The molecule has 1 aliphatic carbocycles. The van der Waals surface area contributed by atoms with Gasteiger partial charge in [0.05, 0.1) is 11.7 Å². The van der Waals surface area contributed by atoms with Crippen LogP contribution in [0.4, 0.5) is 10.2 Å². The molecule has 0 bridgehead atoms. The summed E-state index contributed by atoms with van der Waals surface area (Å²) >= 11 is 6.26. The third-order valence-electron chi connectivity index (χ3n) is 5.15. The maximum absolute atomic E-state index is 14.5. The molecular weight excluding hydrogens is 329 g/mol. The van der Waals surface area contributed by atoms with E-state index < -0.39 is 5.92 Å². The third kappa shape index (κ3) is 2.42. The van der Waals surface area contributed by atoms with Gasteiger partial charge >= 0.3 is 0 Å². The molecule has 2 aliphatic rings. The van der Waals surface area contributed by atoms with E-state index in [9.17, 15) is 9.18 Å². The van der Waals surface area contributed by atoms with Crippen molar-refractivity contribution in [1.82, 2.24) is 9.78 Å². The molecule has 1 amide bonds. The van der Waals surface area contributed by atoms with Crippen molar-refractivity contribution in [2.75, 3.05) is 5.32 Å². The second-order valence-electron chi connectivity index (χ2n) is 6.67. The average molecular weight is 348 g/mol. The van der Waals surface area contributed by atoms with Crippen LogP contribution in [0.3, 0.4) is 0 Å². The van der Waals surface area contributed by atoms with E-state index in [0.717, 1.165) is 29.9 Å². The van der Waals surface area contributed by atoms with Crippen LogP contribution in [0.15, 0.2) is 18.2 Å². The minimum Gasteiger partial charge on any atom is -0.311 e. The highest BCUT2D eigenvalue weighted by Crippen LogP contribution is 2.44. The molecular formula is C18H19ClFN3O. The molecule has 1 aliphatic heterocycles. The zero-order valence-electron chi connectivity index (χ0n) is 13.5. The number of hydrogen-bond donors (Lipinski definition) is 1. The number of aryl methyl sites for hydroxylation is 1. The zero-order chi connectivity index (χ0) is 16.8. The molecule has 2 aromatic rings. The number of nitrogens with one attached hydrogen (secondary N) is 1. The van der Waals surface area contributed by atoms with Crippen molar-refractivity contribution in [2.45, 2.75) is 51.0 Å². The lowest BCUT2D eigenvalue weighted by Crippen LogP contribution is -2.26. The Kier molecular flexibility index (Phi) is 3.83. The van der Waals surface area contributed by atoms with Crippen molar-refractivity contribution in [2.24, 2.45) is 0 Å². The van der Waals surface area contributed by atoms with E-state index in [1.165, 1.54) is 18.9 Å². The number of carbonyl (C=O) groups excluding carboxylic acids is 1. The van der Waals surface area contributed by atoms with Crippen LogP contribution in [-0.2, 0) is 4.79 Å². The number of anilines is 1. The molecule has 126 valence electrons. The summed E-state index contributed by atoms with van der Waals surface area (Å²) in [6.45, 7) is 1.92. The SMILES string of the molecule is Cc1nn(C2CCCC2)c2c1C(c1c(F)cccc1Cl)CC(=O)N2. The molecule has 2 heterocycles. The Bertz CT molecular complexity index is 791. The summed E-state index contributed by atoms with van der Waals surface area (Å²) in [4.78, 5) is 12.3. The first kappa shape index (κ1) is 15.6. The summed E-state index contributed by atoms with van der Waals surface area (Å²) < 4.78 is 16.4. The second kappa shape index (κ2) is 5.88. The molecule has 24 heavy (non-hydrogen) atoms. The van der Waals surface area contributed by atoms with Crippen LogP contribution in [0.5, 0.6) is 0 Å². The van der Waals surface area contributed by atoms with Crippen molar-refractivity contribution in [1.29, 1.82) is 0 Å². The first-order valence-electron chi connectivity index (χ1n) is 8.39. The molecule has 0 saturated heterocycles. The lowest BCUT2D eigenvalue weighted by atomic mass is 9.85. The van der Waals surface area contributed by atoms with Gasteiger partial charge in [0.1, 0.15) is 11.6 Å². The maximum Gasteiger partial charge on any atom is 0.226 e. The molecule has 1 N–H and O–H groups in total. The van der Waals surface area contributed by atoms with Gasteiger partial charge in [0.15, 0.2) is 0 Å². The molecule has 0 radical (unpaired) electrons. The summed E-state index contributed by atoms with van der Waals surface area (Å²) in [6, 6.07) is 4.95. The van der Waals surface area contributed by atoms with E-state index in [0.29, 0.717) is 16.6 Å². The van der Waals surface area contributed by atoms with Gasteiger partial charge in [-0.15, -0.1) is 0 Å². The van der Waals surface area contributed by atoms with E-state index in [1.54, 1.807) is 12.1 Å². The van der Waals surface area contributed by atoms with Gasteiger partial charge in [0, 0.05) is 28.5 Å². The first-order valence-corrected chi connectivity index (χ1v) is 8.77. The molecule has 1 fully saturated rings. The summed E-state index contributed by atoms with van der Waals surface area (Å²) in [5.74, 6) is -0.162. The van der Waals surface area contributed by atoms with Crippen LogP contribution >= 0.6 is 11.6 Å². The van der Waals surface area contributed by atoms with Gasteiger partial charge < -0.3 is 5.32 Å². The van der Waals surface area contributed by atoms with Crippen LogP contribution < -0.4 is 5.32 Å². The fraction of sp³-hybridized carbons (Fsp3) is 0.444. The van der Waals surface area contributed by atoms with Gasteiger partial charge in [0.25, 0.3) is 0 Å². The minimum absolute atomic E-state index is 0.119. The molecule has 1 aromatic heterocycles. The van der Waals surface area contributed by atoms with Crippen molar-refractivity contribution in [3.63, 3.8) is 0 Å². The topological polar surface area (TPSA) is 46.9 Å². The summed E-state index contributed by atoms with van der Waals surface area (Å²) in [5.41, 5.74) is 2.12. The number of benzene rings is 1. The van der Waals surface area contributed by atoms with E-state index >= 15 is 0 Å². The van der Waals surface area contributed by atoms with E-state index in [1.807, 2.05) is 11.6 Å². The van der Waals surface area contributed by atoms with Gasteiger partial charge in [-0.2, -0.15) is 5.10 Å². The van der Waals surface area contributed by atoms with Crippen LogP contribution in [0.1, 0.15) is 60.9 Å². The number of halogens is 2. The van der Waals surface area contributed by atoms with Crippen molar-refractivity contribution >= 4 is 23.3 Å². The molecule has 6 heteroatoms. The fourth-order valence-electron chi connectivity index (χ4n) is 4.08. The number of aromatic nitrogens is 2. The second-order valence-corrected chi connectivity index (χ2v) is 7.08. The Morgan fingerprint density at radius 1 is 1.29 bits per heavy atom. The Hall–Kier alpha value is -1.88. The number of amides is 1. The molecule has 1 atom stereocenters. The van der Waals surface area contributed by atoms with E-state index in [2.05, 4.69) is 10.4 Å². The van der Waals surface area contributed by atoms with Gasteiger partial charge in [-0.05, 0) is 31.9 Å². The Morgan fingerprint density at radius 2 is 2.04 bits per heavy atom. The summed E-state index contributed by atoms with van der Waals surface area (Å²) in [7, 11) is 0. The smallest absolute Gasteiger partial charge is 0.226 e. The highest BCUT2D eigenvalue weighted by Gasteiger charge is 2.36. The van der Waals surface area contributed by atoms with Crippen LogP contribution in [0, 0.1) is 12.7 Å². The highest BCUT2D eigenvalue weighted by atomic mass is 35.5. The minimum atomic E-state index is -0.391. The molecule has 4 rings (SSSR count). The number of carbonyl (C=O) groups is 1. The monoisotopic (exact) mass is 347 g/mol. The largest absolute Gasteiger partial charge is 0.311 e. The Morgan fingerprint density at radius 3 is 2.75 bits per heavy atom. The van der Waals surface area contributed by atoms with Gasteiger partial charge in [-0.1, -0.05) is 30.5 Å². The molecule has 1 aromatic carbocycles. The molecule has 0 spiro atoms. The lowest BCUT2D eigenvalue weighted by molar-refractivity contribution is -0.116. The fourth-order valence-corrected chi connectivity index (χ4v) is 4.37. The van der Waals surface area contributed by atoms with Gasteiger partial charge in [-0.3, -0.25) is 4.79 Å². The number of rotatable bonds is 2. The van der Waals surface area contributed by atoms with E-state index in [-0.39, 0.29) is 18.1 Å². The Balaban J connectivity index is 1.87. The first-order chi connectivity index (χ1) is 11.6. The van der Waals surface area contributed by atoms with Gasteiger partial charge in [-0.25, -0.2) is 9.07 Å². The quantitative estimate of drug-likeness (QED) is 0.864.